The highest BCUT2D eigenvalue weighted by molar-refractivity contribution is 5.73. The number of piperidine rings is 1. The van der Waals surface area contributed by atoms with Gasteiger partial charge in [0.1, 0.15) is 11.9 Å². The monoisotopic (exact) mass is 465 g/mol. The molecule has 1 aromatic carbocycles. The van der Waals surface area contributed by atoms with Crippen LogP contribution in [-0.4, -0.2) is 64.6 Å². The highest BCUT2D eigenvalue weighted by Gasteiger charge is 2.41. The van der Waals surface area contributed by atoms with Crippen molar-refractivity contribution in [1.29, 1.82) is 0 Å². The molecular weight excluding hydrogens is 429 g/mol. The summed E-state index contributed by atoms with van der Waals surface area (Å²) in [6, 6.07) is 10.7. The second-order valence-corrected chi connectivity index (χ2v) is 10.6. The third-order valence-corrected chi connectivity index (χ3v) is 8.49. The first kappa shape index (κ1) is 23.4. The van der Waals surface area contributed by atoms with Gasteiger partial charge in [-0.1, -0.05) is 37.5 Å². The van der Waals surface area contributed by atoms with Gasteiger partial charge in [0.05, 0.1) is 0 Å². The van der Waals surface area contributed by atoms with Crippen molar-refractivity contribution in [2.75, 3.05) is 32.7 Å². The molecule has 5 rings (SSSR count). The lowest BCUT2D eigenvalue weighted by Gasteiger charge is -2.35. The van der Waals surface area contributed by atoms with E-state index in [-0.39, 0.29) is 11.7 Å². The number of carboxylic acid groups (broad SMARTS) is 1. The van der Waals surface area contributed by atoms with E-state index >= 15 is 0 Å². The molecule has 5 nitrogen and oxygen atoms in total. The number of pyridine rings is 1. The van der Waals surface area contributed by atoms with Gasteiger partial charge in [-0.3, -0.25) is 14.7 Å². The summed E-state index contributed by atoms with van der Waals surface area (Å²) >= 11 is 0. The van der Waals surface area contributed by atoms with Gasteiger partial charge in [0.25, 0.3) is 0 Å². The Bertz CT molecular complexity index is 959. The Hall–Kier alpha value is -2.31. The van der Waals surface area contributed by atoms with Crippen molar-refractivity contribution in [1.82, 2.24) is 14.8 Å². The Balaban J connectivity index is 1.28. The minimum absolute atomic E-state index is 0.162. The van der Waals surface area contributed by atoms with E-state index in [9.17, 15) is 14.3 Å². The number of hydrogen-bond donors (Lipinski definition) is 1. The maximum Gasteiger partial charge on any atom is 0.320 e. The van der Waals surface area contributed by atoms with Gasteiger partial charge >= 0.3 is 5.97 Å². The van der Waals surface area contributed by atoms with E-state index < -0.39 is 12.0 Å². The summed E-state index contributed by atoms with van der Waals surface area (Å²) in [4.78, 5) is 21.2. The van der Waals surface area contributed by atoms with Gasteiger partial charge in [0.15, 0.2) is 0 Å². The SMILES string of the molecule is O=C(O)[C@@H](CC1CCC1)N1C[C@H](CN2CCC(c3cccnc3)CC2)[C@@H](c2cccc(F)c2)C1. The minimum atomic E-state index is -0.706. The third-order valence-electron chi connectivity index (χ3n) is 8.49. The van der Waals surface area contributed by atoms with E-state index in [4.69, 9.17) is 0 Å². The van der Waals surface area contributed by atoms with Crippen LogP contribution in [-0.2, 0) is 4.79 Å². The molecule has 3 heterocycles. The number of nitrogens with zero attached hydrogens (tertiary/aromatic N) is 3. The minimum Gasteiger partial charge on any atom is -0.480 e. The smallest absolute Gasteiger partial charge is 0.320 e. The molecule has 3 atom stereocenters. The summed E-state index contributed by atoms with van der Waals surface area (Å²) in [5, 5.41) is 10.0. The molecule has 1 N–H and O–H groups in total. The molecule has 182 valence electrons. The van der Waals surface area contributed by atoms with Crippen molar-refractivity contribution < 1.29 is 14.3 Å². The first-order valence-corrected chi connectivity index (χ1v) is 12.9. The summed E-state index contributed by atoms with van der Waals surface area (Å²) < 4.78 is 14.1. The van der Waals surface area contributed by atoms with Crippen molar-refractivity contribution in [3.05, 3.63) is 65.7 Å². The molecule has 2 aromatic rings. The van der Waals surface area contributed by atoms with Crippen molar-refractivity contribution in [2.45, 2.75) is 56.4 Å². The van der Waals surface area contributed by atoms with Crippen LogP contribution in [0.1, 0.15) is 61.5 Å². The van der Waals surface area contributed by atoms with Crippen LogP contribution in [0.2, 0.25) is 0 Å². The Morgan fingerprint density at radius 2 is 1.88 bits per heavy atom. The molecule has 3 aliphatic rings. The lowest BCUT2D eigenvalue weighted by atomic mass is 9.80. The number of rotatable bonds is 8. The van der Waals surface area contributed by atoms with Crippen LogP contribution in [0.15, 0.2) is 48.8 Å². The van der Waals surface area contributed by atoms with Crippen molar-refractivity contribution >= 4 is 5.97 Å². The van der Waals surface area contributed by atoms with Crippen LogP contribution in [0.25, 0.3) is 0 Å². The molecule has 0 unspecified atom stereocenters. The predicted molar refractivity (Wildman–Crippen MR) is 130 cm³/mol. The number of aromatic nitrogens is 1. The predicted octanol–water partition coefficient (Wildman–Crippen LogP) is 4.76. The van der Waals surface area contributed by atoms with Crippen LogP contribution < -0.4 is 0 Å². The Labute approximate surface area is 202 Å². The number of likely N-dealkylation sites (tertiary alicyclic amines) is 2. The molecule has 0 bridgehead atoms. The zero-order valence-corrected chi connectivity index (χ0v) is 19.9. The van der Waals surface area contributed by atoms with E-state index in [0.717, 1.165) is 63.8 Å². The molecule has 2 saturated heterocycles. The summed E-state index contributed by atoms with van der Waals surface area (Å²) in [5.41, 5.74) is 2.33. The zero-order valence-electron chi connectivity index (χ0n) is 19.9. The summed E-state index contributed by atoms with van der Waals surface area (Å²) in [6.45, 7) is 4.48. The second-order valence-electron chi connectivity index (χ2n) is 10.6. The molecule has 0 amide bonds. The molecule has 0 radical (unpaired) electrons. The topological polar surface area (TPSA) is 56.7 Å². The van der Waals surface area contributed by atoms with Crippen LogP contribution >= 0.6 is 0 Å². The fraction of sp³-hybridized carbons (Fsp3) is 0.571. The molecule has 34 heavy (non-hydrogen) atoms. The van der Waals surface area contributed by atoms with Crippen LogP contribution in [0.5, 0.6) is 0 Å². The molecule has 0 spiro atoms. The molecule has 1 aliphatic carbocycles. The van der Waals surface area contributed by atoms with E-state index in [2.05, 4.69) is 20.9 Å². The zero-order chi connectivity index (χ0) is 23.5. The van der Waals surface area contributed by atoms with Crippen LogP contribution in [0, 0.1) is 17.7 Å². The standard InChI is InChI=1S/C28H36FN3O2/c29-25-8-2-6-22(15-25)26-19-32(27(28(33)34)14-20-4-1-5-20)18-24(26)17-31-12-9-21(10-13-31)23-7-3-11-30-16-23/h2-3,6-8,11,15-16,20-21,24,26-27H,1,4-5,9-10,12-14,17-19H2,(H,33,34)/t24-,26+,27+/m0/s1. The van der Waals surface area contributed by atoms with Crippen LogP contribution in [0.3, 0.4) is 0 Å². The summed E-state index contributed by atoms with van der Waals surface area (Å²) in [5.74, 6) is 0.649. The molecule has 6 heteroatoms. The first-order chi connectivity index (χ1) is 16.6. The van der Waals surface area contributed by atoms with Gasteiger partial charge in [-0.05, 0) is 79.4 Å². The number of carbonyl (C=O) groups is 1. The van der Waals surface area contributed by atoms with E-state index in [1.165, 1.54) is 18.1 Å². The average molecular weight is 466 g/mol. The number of aliphatic carboxylic acids is 1. The van der Waals surface area contributed by atoms with E-state index in [1.807, 2.05) is 24.5 Å². The maximum atomic E-state index is 14.1. The van der Waals surface area contributed by atoms with Gasteiger partial charge in [-0.2, -0.15) is 0 Å². The Morgan fingerprint density at radius 1 is 1.09 bits per heavy atom. The molecule has 3 fully saturated rings. The lowest BCUT2D eigenvalue weighted by molar-refractivity contribution is -0.144. The van der Waals surface area contributed by atoms with E-state index in [0.29, 0.717) is 24.3 Å². The summed E-state index contributed by atoms with van der Waals surface area (Å²) in [6.07, 6.45) is 10.3. The average Bonchev–Trinajstić information content (AvgIpc) is 3.22. The third kappa shape index (κ3) is 5.33. The Kier molecular flexibility index (Phi) is 7.26. The first-order valence-electron chi connectivity index (χ1n) is 12.9. The quantitative estimate of drug-likeness (QED) is 0.609. The van der Waals surface area contributed by atoms with E-state index in [1.54, 1.807) is 12.1 Å². The molecular formula is C28H36FN3O2. The molecule has 1 aromatic heterocycles. The number of halogens is 1. The second kappa shape index (κ2) is 10.5. The fourth-order valence-corrected chi connectivity index (χ4v) is 6.31. The van der Waals surface area contributed by atoms with Crippen molar-refractivity contribution in [2.24, 2.45) is 11.8 Å². The highest BCUT2D eigenvalue weighted by Crippen LogP contribution is 2.39. The molecule has 1 saturated carbocycles. The number of benzene rings is 1. The van der Waals surface area contributed by atoms with Gasteiger partial charge in [-0.25, -0.2) is 4.39 Å². The van der Waals surface area contributed by atoms with Gasteiger partial charge in [-0.15, -0.1) is 0 Å². The largest absolute Gasteiger partial charge is 0.480 e. The molecule has 2 aliphatic heterocycles. The number of hydrogen-bond acceptors (Lipinski definition) is 4. The summed E-state index contributed by atoms with van der Waals surface area (Å²) in [7, 11) is 0. The van der Waals surface area contributed by atoms with Gasteiger partial charge in [0.2, 0.25) is 0 Å². The van der Waals surface area contributed by atoms with Gasteiger partial charge in [0, 0.05) is 37.9 Å². The van der Waals surface area contributed by atoms with Crippen LogP contribution in [0.4, 0.5) is 4.39 Å². The van der Waals surface area contributed by atoms with Gasteiger partial charge < -0.3 is 10.0 Å². The lowest BCUT2D eigenvalue weighted by Crippen LogP contribution is -2.43. The number of carboxylic acids is 1. The Morgan fingerprint density at radius 3 is 2.53 bits per heavy atom. The highest BCUT2D eigenvalue weighted by atomic mass is 19.1. The normalized spacial score (nSPS) is 25.8. The van der Waals surface area contributed by atoms with Crippen molar-refractivity contribution in [3.63, 3.8) is 0 Å². The fourth-order valence-electron chi connectivity index (χ4n) is 6.31. The van der Waals surface area contributed by atoms with Crippen molar-refractivity contribution in [3.8, 4) is 0 Å². The maximum absolute atomic E-state index is 14.1.